The zero-order valence-electron chi connectivity index (χ0n) is 11.4. The zero-order chi connectivity index (χ0) is 13.4. The lowest BCUT2D eigenvalue weighted by Gasteiger charge is -2.39. The molecule has 0 bridgehead atoms. The minimum atomic E-state index is 0.152. The van der Waals surface area contributed by atoms with Crippen LogP contribution in [0.2, 0.25) is 0 Å². The number of hydrogen-bond acceptors (Lipinski definition) is 3. The highest BCUT2D eigenvalue weighted by Crippen LogP contribution is 2.35. The summed E-state index contributed by atoms with van der Waals surface area (Å²) in [7, 11) is 0. The molecule has 3 rings (SSSR count). The molecule has 102 valence electrons. The largest absolute Gasteiger partial charge is 0.365 e. The molecule has 0 aromatic heterocycles. The number of fused-ring (bicyclic) bond motifs is 1. The van der Waals surface area contributed by atoms with Crippen molar-refractivity contribution in [2.75, 3.05) is 18.0 Å². The molecule has 3 N–H and O–H groups in total. The van der Waals surface area contributed by atoms with E-state index in [0.717, 1.165) is 25.9 Å². The van der Waals surface area contributed by atoms with Crippen molar-refractivity contribution in [2.24, 2.45) is 11.7 Å². The molecule has 19 heavy (non-hydrogen) atoms. The fourth-order valence-electron chi connectivity index (χ4n) is 3.52. The minimum Gasteiger partial charge on any atom is -0.365 e. The van der Waals surface area contributed by atoms with Gasteiger partial charge < -0.3 is 16.0 Å². The second-order valence-corrected chi connectivity index (χ2v) is 5.54. The third kappa shape index (κ3) is 2.00. The molecule has 2 saturated heterocycles. The van der Waals surface area contributed by atoms with Crippen LogP contribution < -0.4 is 16.0 Å². The summed E-state index contributed by atoms with van der Waals surface area (Å²) in [5, 5.41) is 3.01. The summed E-state index contributed by atoms with van der Waals surface area (Å²) in [6.45, 7) is 4.46. The third-order valence-corrected chi connectivity index (χ3v) is 4.43. The van der Waals surface area contributed by atoms with Crippen molar-refractivity contribution in [3.05, 3.63) is 29.3 Å². The number of carbonyl (C=O) groups is 1. The summed E-state index contributed by atoms with van der Waals surface area (Å²) < 4.78 is 0. The van der Waals surface area contributed by atoms with Gasteiger partial charge in [-0.15, -0.1) is 0 Å². The number of aryl methyl sites for hydroxylation is 1. The van der Waals surface area contributed by atoms with Crippen molar-refractivity contribution in [1.29, 1.82) is 0 Å². The molecule has 2 atom stereocenters. The van der Waals surface area contributed by atoms with Crippen LogP contribution in [0.3, 0.4) is 0 Å². The van der Waals surface area contributed by atoms with Gasteiger partial charge >= 0.3 is 0 Å². The fraction of sp³-hybridized carbons (Fsp3) is 0.533. The molecular formula is C15H21N3O. The summed E-state index contributed by atoms with van der Waals surface area (Å²) in [5.41, 5.74) is 9.56. The quantitative estimate of drug-likeness (QED) is 0.838. The van der Waals surface area contributed by atoms with Crippen molar-refractivity contribution >= 4 is 11.6 Å². The predicted octanol–water partition coefficient (Wildman–Crippen LogP) is 1.17. The van der Waals surface area contributed by atoms with Gasteiger partial charge in [0, 0.05) is 25.3 Å². The van der Waals surface area contributed by atoms with Crippen LogP contribution in [-0.4, -0.2) is 25.0 Å². The maximum Gasteiger partial charge on any atom is 0.225 e. The van der Waals surface area contributed by atoms with Crippen LogP contribution >= 0.6 is 0 Å². The van der Waals surface area contributed by atoms with Crippen molar-refractivity contribution < 1.29 is 4.79 Å². The summed E-state index contributed by atoms with van der Waals surface area (Å²) in [6.07, 6.45) is 2.09. The van der Waals surface area contributed by atoms with E-state index in [1.54, 1.807) is 0 Å². The van der Waals surface area contributed by atoms with Crippen molar-refractivity contribution in [3.8, 4) is 0 Å². The second-order valence-electron chi connectivity index (χ2n) is 5.54. The van der Waals surface area contributed by atoms with E-state index in [2.05, 4.69) is 35.3 Å². The molecule has 0 spiro atoms. The molecule has 1 aromatic rings. The number of benzene rings is 1. The summed E-state index contributed by atoms with van der Waals surface area (Å²) in [6, 6.07) is 6.58. The maximum atomic E-state index is 11.9. The molecule has 0 saturated carbocycles. The number of hydrogen-bond donors (Lipinski definition) is 2. The number of rotatable bonds is 2. The molecule has 2 heterocycles. The molecular weight excluding hydrogens is 238 g/mol. The van der Waals surface area contributed by atoms with Crippen LogP contribution in [0.5, 0.6) is 0 Å². The van der Waals surface area contributed by atoms with Crippen molar-refractivity contribution in [1.82, 2.24) is 5.32 Å². The van der Waals surface area contributed by atoms with Gasteiger partial charge in [0.1, 0.15) is 0 Å². The number of nitrogens with zero attached hydrogens (tertiary/aromatic N) is 1. The molecule has 4 heteroatoms. The molecule has 1 aromatic carbocycles. The molecule has 2 aliphatic heterocycles. The lowest BCUT2D eigenvalue weighted by atomic mass is 9.90. The van der Waals surface area contributed by atoms with Gasteiger partial charge in [0.2, 0.25) is 5.91 Å². The van der Waals surface area contributed by atoms with E-state index < -0.39 is 0 Å². The van der Waals surface area contributed by atoms with Gasteiger partial charge in [-0.05, 0) is 30.9 Å². The average Bonchev–Trinajstić information content (AvgIpc) is 2.80. The van der Waals surface area contributed by atoms with E-state index in [1.807, 2.05) is 0 Å². The molecule has 4 nitrogen and oxygen atoms in total. The Bertz CT molecular complexity index is 500. The highest BCUT2D eigenvalue weighted by Gasteiger charge is 2.41. The van der Waals surface area contributed by atoms with Gasteiger partial charge in [-0.1, -0.05) is 18.2 Å². The van der Waals surface area contributed by atoms with Gasteiger partial charge in [-0.25, -0.2) is 0 Å². The number of anilines is 1. The van der Waals surface area contributed by atoms with Crippen LogP contribution in [0.15, 0.2) is 18.2 Å². The second kappa shape index (κ2) is 4.85. The Balaban J connectivity index is 1.99. The Kier molecular flexibility index (Phi) is 3.19. The maximum absolute atomic E-state index is 11.9. The first kappa shape index (κ1) is 12.5. The van der Waals surface area contributed by atoms with Gasteiger partial charge in [0.05, 0.1) is 12.0 Å². The fourth-order valence-corrected chi connectivity index (χ4v) is 3.52. The normalized spacial score (nSPS) is 26.2. The first-order chi connectivity index (χ1) is 9.22. The zero-order valence-corrected chi connectivity index (χ0v) is 11.4. The lowest BCUT2D eigenvalue weighted by Crippen LogP contribution is -2.46. The minimum absolute atomic E-state index is 0.152. The molecule has 0 radical (unpaired) electrons. The Labute approximate surface area is 114 Å². The monoisotopic (exact) mass is 259 g/mol. The van der Waals surface area contributed by atoms with Crippen molar-refractivity contribution in [2.45, 2.75) is 32.4 Å². The van der Waals surface area contributed by atoms with E-state index in [9.17, 15) is 4.79 Å². The van der Waals surface area contributed by atoms with E-state index in [1.165, 1.54) is 16.8 Å². The number of para-hydroxylation sites is 1. The highest BCUT2D eigenvalue weighted by molar-refractivity contribution is 5.83. The summed E-state index contributed by atoms with van der Waals surface area (Å²) in [4.78, 5) is 14.3. The summed E-state index contributed by atoms with van der Waals surface area (Å²) in [5.74, 6) is 0.372. The van der Waals surface area contributed by atoms with Crippen molar-refractivity contribution in [3.63, 3.8) is 0 Å². The Morgan fingerprint density at radius 2 is 2.32 bits per heavy atom. The number of carbonyl (C=O) groups excluding carboxylic acids is 1. The number of nitrogens with one attached hydrogen (secondary N) is 1. The number of piperidine rings is 1. The van der Waals surface area contributed by atoms with Crippen LogP contribution in [0.1, 0.15) is 24.0 Å². The Morgan fingerprint density at radius 1 is 1.47 bits per heavy atom. The molecule has 2 fully saturated rings. The van der Waals surface area contributed by atoms with Crippen LogP contribution in [0.25, 0.3) is 0 Å². The summed E-state index contributed by atoms with van der Waals surface area (Å²) >= 11 is 0. The van der Waals surface area contributed by atoms with Gasteiger partial charge in [0.25, 0.3) is 0 Å². The first-order valence-corrected chi connectivity index (χ1v) is 7.05. The Morgan fingerprint density at radius 3 is 3.11 bits per heavy atom. The molecule has 0 aliphatic carbocycles. The third-order valence-electron chi connectivity index (χ3n) is 4.43. The van der Waals surface area contributed by atoms with Gasteiger partial charge in [-0.2, -0.15) is 0 Å². The molecule has 2 unspecified atom stereocenters. The first-order valence-electron chi connectivity index (χ1n) is 7.05. The predicted molar refractivity (Wildman–Crippen MR) is 75.9 cm³/mol. The van der Waals surface area contributed by atoms with E-state index in [4.69, 9.17) is 5.73 Å². The highest BCUT2D eigenvalue weighted by atomic mass is 16.2. The lowest BCUT2D eigenvalue weighted by molar-refractivity contribution is -0.122. The number of nitrogens with two attached hydrogens (primary N) is 1. The topological polar surface area (TPSA) is 58.4 Å². The van der Waals surface area contributed by atoms with Gasteiger partial charge in [-0.3, -0.25) is 4.79 Å². The number of amides is 1. The van der Waals surface area contributed by atoms with E-state index >= 15 is 0 Å². The molecule has 2 aliphatic rings. The Hall–Kier alpha value is -1.55. The van der Waals surface area contributed by atoms with Crippen LogP contribution in [0.4, 0.5) is 5.69 Å². The van der Waals surface area contributed by atoms with Gasteiger partial charge in [0.15, 0.2) is 0 Å². The van der Waals surface area contributed by atoms with E-state index in [-0.39, 0.29) is 11.8 Å². The standard InChI is InChI=1S/C15H21N3O/c1-10-4-2-5-11(8-16)14(10)18-7-3-6-12-13(18)9-17-15(12)19/h2,4-5,12-13H,3,6-9,16H2,1H3,(H,17,19). The van der Waals surface area contributed by atoms with E-state index in [0.29, 0.717) is 12.6 Å². The SMILES string of the molecule is Cc1cccc(CN)c1N1CCCC2C(=O)NCC21. The smallest absolute Gasteiger partial charge is 0.225 e. The average molecular weight is 259 g/mol. The molecule has 1 amide bonds. The van der Waals surface area contributed by atoms with Crippen LogP contribution in [0, 0.1) is 12.8 Å². The van der Waals surface area contributed by atoms with Crippen LogP contribution in [-0.2, 0) is 11.3 Å².